The Kier molecular flexibility index (Phi) is 5.33. The summed E-state index contributed by atoms with van der Waals surface area (Å²) in [5.41, 5.74) is 5.06. The topological polar surface area (TPSA) is 74.8 Å². The van der Waals surface area contributed by atoms with Crippen LogP contribution in [0.25, 0.3) is 0 Å². The SMILES string of the molecule is Cc1cccc(Nc2nc(Nc3ccccc3)nc(Nc3cccc(C)c3)n2)c1. The summed E-state index contributed by atoms with van der Waals surface area (Å²) in [4.78, 5) is 13.6. The summed E-state index contributed by atoms with van der Waals surface area (Å²) < 4.78 is 0. The summed E-state index contributed by atoms with van der Waals surface area (Å²) in [6.45, 7) is 4.09. The highest BCUT2D eigenvalue weighted by atomic mass is 15.3. The molecule has 0 aliphatic heterocycles. The first-order valence-corrected chi connectivity index (χ1v) is 9.40. The van der Waals surface area contributed by atoms with Crippen LogP contribution in [0.15, 0.2) is 78.9 Å². The van der Waals surface area contributed by atoms with Gasteiger partial charge in [-0.3, -0.25) is 0 Å². The first-order chi connectivity index (χ1) is 14.1. The number of nitrogens with one attached hydrogen (secondary N) is 3. The highest BCUT2D eigenvalue weighted by Crippen LogP contribution is 2.21. The number of aromatic nitrogens is 3. The number of hydrogen-bond donors (Lipinski definition) is 3. The van der Waals surface area contributed by atoms with E-state index in [1.165, 1.54) is 0 Å². The zero-order valence-electron chi connectivity index (χ0n) is 16.3. The molecule has 0 aliphatic rings. The highest BCUT2D eigenvalue weighted by Gasteiger charge is 2.08. The Labute approximate surface area is 170 Å². The van der Waals surface area contributed by atoms with Crippen LogP contribution in [0.4, 0.5) is 34.9 Å². The molecule has 144 valence electrons. The van der Waals surface area contributed by atoms with E-state index in [4.69, 9.17) is 0 Å². The lowest BCUT2D eigenvalue weighted by Gasteiger charge is -2.12. The lowest BCUT2D eigenvalue weighted by atomic mass is 10.2. The molecule has 29 heavy (non-hydrogen) atoms. The van der Waals surface area contributed by atoms with Crippen LogP contribution >= 0.6 is 0 Å². The lowest BCUT2D eigenvalue weighted by molar-refractivity contribution is 1.06. The molecule has 0 saturated heterocycles. The van der Waals surface area contributed by atoms with Crippen LogP contribution in [0.1, 0.15) is 11.1 Å². The molecule has 0 saturated carbocycles. The molecule has 0 amide bonds. The van der Waals surface area contributed by atoms with Crippen molar-refractivity contribution in [2.75, 3.05) is 16.0 Å². The third-order valence-electron chi connectivity index (χ3n) is 4.21. The van der Waals surface area contributed by atoms with E-state index >= 15 is 0 Å². The smallest absolute Gasteiger partial charge is 0.233 e. The Morgan fingerprint density at radius 1 is 0.483 bits per heavy atom. The maximum Gasteiger partial charge on any atom is 0.233 e. The Bertz CT molecular complexity index is 1050. The van der Waals surface area contributed by atoms with Crippen molar-refractivity contribution in [3.63, 3.8) is 0 Å². The lowest BCUT2D eigenvalue weighted by Crippen LogP contribution is -2.07. The van der Waals surface area contributed by atoms with Gasteiger partial charge in [-0.25, -0.2) is 0 Å². The first kappa shape index (κ1) is 18.4. The third-order valence-corrected chi connectivity index (χ3v) is 4.21. The van der Waals surface area contributed by atoms with Crippen LogP contribution in [-0.4, -0.2) is 15.0 Å². The van der Waals surface area contributed by atoms with E-state index < -0.39 is 0 Å². The van der Waals surface area contributed by atoms with Crippen molar-refractivity contribution in [1.29, 1.82) is 0 Å². The van der Waals surface area contributed by atoms with Gasteiger partial charge in [0.2, 0.25) is 17.8 Å². The summed E-state index contributed by atoms with van der Waals surface area (Å²) in [6.07, 6.45) is 0. The van der Waals surface area contributed by atoms with Gasteiger partial charge in [0.25, 0.3) is 0 Å². The summed E-state index contributed by atoms with van der Waals surface area (Å²) in [6, 6.07) is 25.9. The summed E-state index contributed by atoms with van der Waals surface area (Å²) in [5.74, 6) is 1.37. The third kappa shape index (κ3) is 5.07. The van der Waals surface area contributed by atoms with Crippen LogP contribution in [0.5, 0.6) is 0 Å². The van der Waals surface area contributed by atoms with Gasteiger partial charge in [-0.05, 0) is 61.4 Å². The standard InChI is InChI=1S/C23H22N6/c1-16-8-6-12-19(14-16)25-22-27-21(24-18-10-4-3-5-11-18)28-23(29-22)26-20-13-7-9-17(2)15-20/h3-15H,1-2H3,(H3,24,25,26,27,28,29). The maximum atomic E-state index is 4.54. The minimum absolute atomic E-state index is 0.455. The van der Waals surface area contributed by atoms with E-state index in [0.717, 1.165) is 28.2 Å². The van der Waals surface area contributed by atoms with Crippen molar-refractivity contribution in [2.45, 2.75) is 13.8 Å². The number of hydrogen-bond acceptors (Lipinski definition) is 6. The molecule has 0 radical (unpaired) electrons. The largest absolute Gasteiger partial charge is 0.324 e. The fourth-order valence-electron chi connectivity index (χ4n) is 2.90. The van der Waals surface area contributed by atoms with Crippen LogP contribution < -0.4 is 16.0 Å². The predicted molar refractivity (Wildman–Crippen MR) is 118 cm³/mol. The molecule has 4 aromatic rings. The van der Waals surface area contributed by atoms with Crippen molar-refractivity contribution in [1.82, 2.24) is 15.0 Å². The molecule has 1 aromatic heterocycles. The quantitative estimate of drug-likeness (QED) is 0.396. The van der Waals surface area contributed by atoms with Gasteiger partial charge in [0, 0.05) is 17.1 Å². The molecule has 0 atom stereocenters. The molecule has 0 unspecified atom stereocenters. The van der Waals surface area contributed by atoms with Gasteiger partial charge < -0.3 is 16.0 Å². The van der Waals surface area contributed by atoms with E-state index in [1.807, 2.05) is 92.7 Å². The van der Waals surface area contributed by atoms with Crippen LogP contribution in [0.3, 0.4) is 0 Å². The Hall–Kier alpha value is -3.93. The second kappa shape index (κ2) is 8.39. The van der Waals surface area contributed by atoms with Crippen LogP contribution in [-0.2, 0) is 0 Å². The van der Waals surface area contributed by atoms with Gasteiger partial charge in [0.1, 0.15) is 0 Å². The van der Waals surface area contributed by atoms with E-state index in [9.17, 15) is 0 Å². The van der Waals surface area contributed by atoms with Gasteiger partial charge >= 0.3 is 0 Å². The molecule has 4 rings (SSSR count). The van der Waals surface area contributed by atoms with E-state index in [1.54, 1.807) is 0 Å². The van der Waals surface area contributed by atoms with Crippen LogP contribution in [0, 0.1) is 13.8 Å². The number of nitrogens with zero attached hydrogens (tertiary/aromatic N) is 3. The van der Waals surface area contributed by atoms with E-state index in [-0.39, 0.29) is 0 Å². The predicted octanol–water partition coefficient (Wildman–Crippen LogP) is 5.72. The van der Waals surface area contributed by atoms with Gasteiger partial charge in [-0.1, -0.05) is 42.5 Å². The van der Waals surface area contributed by atoms with Gasteiger partial charge in [-0.15, -0.1) is 0 Å². The summed E-state index contributed by atoms with van der Waals surface area (Å²) in [5, 5.41) is 9.77. The molecule has 3 aromatic carbocycles. The van der Waals surface area contributed by atoms with Crippen molar-refractivity contribution in [3.8, 4) is 0 Å². The number of para-hydroxylation sites is 1. The average Bonchev–Trinajstić information content (AvgIpc) is 2.69. The van der Waals surface area contributed by atoms with Crippen molar-refractivity contribution in [2.24, 2.45) is 0 Å². The Morgan fingerprint density at radius 3 is 1.34 bits per heavy atom. The summed E-state index contributed by atoms with van der Waals surface area (Å²) >= 11 is 0. The van der Waals surface area contributed by atoms with Crippen molar-refractivity contribution in [3.05, 3.63) is 90.0 Å². The fraction of sp³-hybridized carbons (Fsp3) is 0.0870. The van der Waals surface area contributed by atoms with Crippen molar-refractivity contribution >= 4 is 34.9 Å². The number of rotatable bonds is 6. The minimum Gasteiger partial charge on any atom is -0.324 e. The average molecular weight is 382 g/mol. The van der Waals surface area contributed by atoms with Crippen molar-refractivity contribution < 1.29 is 0 Å². The molecule has 0 fully saturated rings. The molecule has 1 heterocycles. The zero-order valence-corrected chi connectivity index (χ0v) is 16.3. The zero-order chi connectivity index (χ0) is 20.1. The molecule has 0 aliphatic carbocycles. The second-order valence-electron chi connectivity index (χ2n) is 6.79. The molecular formula is C23H22N6. The number of benzene rings is 3. The normalized spacial score (nSPS) is 10.4. The van der Waals surface area contributed by atoms with Gasteiger partial charge in [-0.2, -0.15) is 15.0 Å². The second-order valence-corrected chi connectivity index (χ2v) is 6.79. The monoisotopic (exact) mass is 382 g/mol. The van der Waals surface area contributed by atoms with E-state index in [0.29, 0.717) is 17.8 Å². The van der Waals surface area contributed by atoms with Gasteiger partial charge in [0.15, 0.2) is 0 Å². The molecule has 6 heteroatoms. The number of anilines is 6. The number of aryl methyl sites for hydroxylation is 2. The molecule has 0 spiro atoms. The first-order valence-electron chi connectivity index (χ1n) is 9.40. The highest BCUT2D eigenvalue weighted by molar-refractivity contribution is 5.62. The fourth-order valence-corrected chi connectivity index (χ4v) is 2.90. The maximum absolute atomic E-state index is 4.54. The molecular weight excluding hydrogens is 360 g/mol. The van der Waals surface area contributed by atoms with E-state index in [2.05, 4.69) is 30.9 Å². The summed E-state index contributed by atoms with van der Waals surface area (Å²) in [7, 11) is 0. The molecule has 6 nitrogen and oxygen atoms in total. The van der Waals surface area contributed by atoms with Gasteiger partial charge in [0.05, 0.1) is 0 Å². The molecule has 0 bridgehead atoms. The van der Waals surface area contributed by atoms with Crippen LogP contribution in [0.2, 0.25) is 0 Å². The Morgan fingerprint density at radius 2 is 0.897 bits per heavy atom. The molecule has 3 N–H and O–H groups in total. The Balaban J connectivity index is 1.66. The minimum atomic E-state index is 0.455.